The van der Waals surface area contributed by atoms with Gasteiger partial charge in [-0.15, -0.1) is 6.58 Å². The highest BCUT2D eigenvalue weighted by molar-refractivity contribution is 5.79. The number of hydrogen-bond donors (Lipinski definition) is 1. The normalized spacial score (nSPS) is 11.1. The van der Waals surface area contributed by atoms with Crippen molar-refractivity contribution < 1.29 is 4.74 Å². The number of benzene rings is 2. The average molecular weight is 543 g/mol. The molecular weight excluding hydrogens is 492 g/mol. The van der Waals surface area contributed by atoms with Crippen molar-refractivity contribution in [3.63, 3.8) is 0 Å². The van der Waals surface area contributed by atoms with Crippen molar-refractivity contribution in [3.05, 3.63) is 84.2 Å². The van der Waals surface area contributed by atoms with Crippen LogP contribution in [0.15, 0.2) is 67.5 Å². The molecule has 216 valence electrons. The second-order valence-corrected chi connectivity index (χ2v) is 9.77. The molecule has 0 spiro atoms. The molecule has 4 aromatic rings. The van der Waals surface area contributed by atoms with E-state index >= 15 is 0 Å². The first-order valence-electron chi connectivity index (χ1n) is 15.0. The van der Waals surface area contributed by atoms with E-state index in [1.54, 1.807) is 7.11 Å². The summed E-state index contributed by atoms with van der Waals surface area (Å²) in [4.78, 5) is 9.34. The largest absolute Gasteiger partial charge is 0.496 e. The van der Waals surface area contributed by atoms with Crippen LogP contribution in [0, 0.1) is 5.92 Å². The lowest BCUT2D eigenvalue weighted by Crippen LogP contribution is -2.03. The van der Waals surface area contributed by atoms with Crippen LogP contribution in [0.3, 0.4) is 0 Å². The summed E-state index contributed by atoms with van der Waals surface area (Å²) >= 11 is 0. The topological polar surface area (TPSA) is 52.0 Å². The van der Waals surface area contributed by atoms with E-state index in [1.807, 2.05) is 44.4 Å². The minimum Gasteiger partial charge on any atom is -0.496 e. The Morgan fingerprint density at radius 3 is 2.42 bits per heavy atom. The van der Waals surface area contributed by atoms with E-state index in [4.69, 9.17) is 9.72 Å². The molecule has 40 heavy (non-hydrogen) atoms. The van der Waals surface area contributed by atoms with Gasteiger partial charge in [-0.05, 0) is 66.1 Å². The zero-order chi connectivity index (χ0) is 29.5. The van der Waals surface area contributed by atoms with E-state index in [0.717, 1.165) is 53.3 Å². The first-order chi connectivity index (χ1) is 19.5. The van der Waals surface area contributed by atoms with Crippen LogP contribution in [0.4, 0.5) is 11.6 Å². The predicted octanol–water partition coefficient (Wildman–Crippen LogP) is 9.88. The van der Waals surface area contributed by atoms with E-state index in [0.29, 0.717) is 5.95 Å². The molecule has 0 aliphatic heterocycles. The number of rotatable bonds is 11. The van der Waals surface area contributed by atoms with E-state index in [-0.39, 0.29) is 0 Å². The SMILES string of the molecule is C=CCc1cccc(-n2ccc3cnc(Nc4cc(CC)c(CC)c(OC)c4)nc32)c1.CC.CCCC(C)CC. The van der Waals surface area contributed by atoms with Gasteiger partial charge in [0.2, 0.25) is 5.95 Å². The zero-order valence-corrected chi connectivity index (χ0v) is 26.1. The lowest BCUT2D eigenvalue weighted by Gasteiger charge is -2.15. The Morgan fingerprint density at radius 2 is 1.82 bits per heavy atom. The third-order valence-electron chi connectivity index (χ3n) is 6.99. The van der Waals surface area contributed by atoms with Crippen LogP contribution in [0.2, 0.25) is 0 Å². The fourth-order valence-corrected chi connectivity index (χ4v) is 4.69. The number of aromatic nitrogens is 3. The van der Waals surface area contributed by atoms with E-state index in [2.05, 4.69) is 86.4 Å². The molecule has 0 radical (unpaired) electrons. The van der Waals surface area contributed by atoms with Crippen molar-refractivity contribution in [2.24, 2.45) is 5.92 Å². The maximum Gasteiger partial charge on any atom is 0.229 e. The van der Waals surface area contributed by atoms with E-state index < -0.39 is 0 Å². The summed E-state index contributed by atoms with van der Waals surface area (Å²) in [5, 5.41) is 4.36. The summed E-state index contributed by atoms with van der Waals surface area (Å²) in [7, 11) is 1.72. The molecule has 4 rings (SSSR count). The van der Waals surface area contributed by atoms with Crippen LogP contribution in [-0.2, 0) is 19.3 Å². The number of fused-ring (bicyclic) bond motifs is 1. The van der Waals surface area contributed by atoms with Crippen LogP contribution in [0.1, 0.15) is 84.4 Å². The van der Waals surface area contributed by atoms with Gasteiger partial charge in [-0.1, -0.05) is 85.9 Å². The summed E-state index contributed by atoms with van der Waals surface area (Å²) < 4.78 is 7.72. The predicted molar refractivity (Wildman–Crippen MR) is 174 cm³/mol. The summed E-state index contributed by atoms with van der Waals surface area (Å²) in [5.74, 6) is 2.40. The Balaban J connectivity index is 0.000000545. The molecule has 0 saturated heterocycles. The molecule has 0 aliphatic rings. The third kappa shape index (κ3) is 8.70. The van der Waals surface area contributed by atoms with Crippen molar-refractivity contribution in [2.75, 3.05) is 12.4 Å². The van der Waals surface area contributed by atoms with Gasteiger partial charge in [0.05, 0.1) is 7.11 Å². The van der Waals surface area contributed by atoms with Crippen molar-refractivity contribution in [3.8, 4) is 11.4 Å². The van der Waals surface area contributed by atoms with Gasteiger partial charge >= 0.3 is 0 Å². The monoisotopic (exact) mass is 542 g/mol. The molecule has 2 aromatic heterocycles. The standard InChI is InChI=1S/C26H28N4O.C7H16.C2H6/c1-5-9-18-10-8-11-22(14-18)30-13-12-20-17-27-26(29-25(20)30)28-21-15-19(6-2)23(7-3)24(16-21)31-4;1-4-6-7(3)5-2;1-2/h5,8,10-17H,1,6-7,9H2,2-4H3,(H,27,28,29);7H,4-6H2,1-3H3;1-2H3. The minimum absolute atomic E-state index is 0.558. The molecule has 1 N–H and O–H groups in total. The number of anilines is 2. The van der Waals surface area contributed by atoms with Gasteiger partial charge in [0, 0.05) is 35.2 Å². The average Bonchev–Trinajstić information content (AvgIpc) is 3.41. The van der Waals surface area contributed by atoms with Crippen LogP contribution < -0.4 is 10.1 Å². The van der Waals surface area contributed by atoms with E-state index in [9.17, 15) is 0 Å². The van der Waals surface area contributed by atoms with Crippen molar-refractivity contribution in [1.29, 1.82) is 0 Å². The molecule has 5 heteroatoms. The van der Waals surface area contributed by atoms with Gasteiger partial charge in [-0.2, -0.15) is 4.98 Å². The molecule has 5 nitrogen and oxygen atoms in total. The molecule has 1 unspecified atom stereocenters. The molecule has 0 bridgehead atoms. The maximum absolute atomic E-state index is 5.63. The second kappa shape index (κ2) is 17.2. The van der Waals surface area contributed by atoms with Crippen molar-refractivity contribution in [1.82, 2.24) is 14.5 Å². The summed E-state index contributed by atoms with van der Waals surface area (Å²) in [6.07, 6.45) is 12.6. The fraction of sp³-hybridized carbons (Fsp3) is 0.429. The molecular formula is C35H50N4O. The molecule has 0 amide bonds. The van der Waals surface area contributed by atoms with Crippen LogP contribution in [0.25, 0.3) is 16.7 Å². The highest BCUT2D eigenvalue weighted by Gasteiger charge is 2.12. The van der Waals surface area contributed by atoms with Gasteiger partial charge in [-0.25, -0.2) is 4.98 Å². The smallest absolute Gasteiger partial charge is 0.229 e. The fourth-order valence-electron chi connectivity index (χ4n) is 4.69. The Labute approximate surface area is 242 Å². The minimum atomic E-state index is 0.558. The zero-order valence-electron chi connectivity index (χ0n) is 26.1. The maximum atomic E-state index is 5.63. The van der Waals surface area contributed by atoms with Gasteiger partial charge in [-0.3, -0.25) is 0 Å². The second-order valence-electron chi connectivity index (χ2n) is 9.77. The Morgan fingerprint density at radius 1 is 1.05 bits per heavy atom. The Hall–Kier alpha value is -3.60. The number of allylic oxidation sites excluding steroid dienone is 1. The highest BCUT2D eigenvalue weighted by Crippen LogP contribution is 2.30. The highest BCUT2D eigenvalue weighted by atomic mass is 16.5. The third-order valence-corrected chi connectivity index (χ3v) is 6.99. The van der Waals surface area contributed by atoms with E-state index in [1.165, 1.54) is 36.0 Å². The van der Waals surface area contributed by atoms with Crippen molar-refractivity contribution in [2.45, 2.75) is 87.0 Å². The first-order valence-corrected chi connectivity index (χ1v) is 15.0. The quantitative estimate of drug-likeness (QED) is 0.192. The summed E-state index contributed by atoms with van der Waals surface area (Å²) in [5.41, 5.74) is 6.60. The number of nitrogens with zero attached hydrogens (tertiary/aromatic N) is 3. The number of aryl methyl sites for hydroxylation is 1. The van der Waals surface area contributed by atoms with Crippen LogP contribution in [-0.4, -0.2) is 21.6 Å². The van der Waals surface area contributed by atoms with Gasteiger partial charge in [0.25, 0.3) is 0 Å². The molecule has 1 atom stereocenters. The van der Waals surface area contributed by atoms with Crippen LogP contribution in [0.5, 0.6) is 5.75 Å². The summed E-state index contributed by atoms with van der Waals surface area (Å²) in [6.45, 7) is 19.0. The molecule has 0 aliphatic carbocycles. The number of methoxy groups -OCH3 is 1. The number of hydrogen-bond acceptors (Lipinski definition) is 4. The lowest BCUT2D eigenvalue weighted by molar-refractivity contribution is 0.409. The number of ether oxygens (including phenoxy) is 1. The lowest BCUT2D eigenvalue weighted by atomic mass is 10.0. The van der Waals surface area contributed by atoms with Gasteiger partial charge in [0.1, 0.15) is 11.4 Å². The molecule has 0 saturated carbocycles. The molecule has 0 fully saturated rings. The Bertz CT molecular complexity index is 1300. The first kappa shape index (κ1) is 32.6. The molecule has 2 aromatic carbocycles. The molecule has 2 heterocycles. The van der Waals surface area contributed by atoms with Gasteiger partial charge < -0.3 is 14.6 Å². The van der Waals surface area contributed by atoms with Crippen molar-refractivity contribution >= 4 is 22.7 Å². The summed E-state index contributed by atoms with van der Waals surface area (Å²) in [6, 6.07) is 14.6. The Kier molecular flexibility index (Phi) is 14.0. The van der Waals surface area contributed by atoms with Crippen LogP contribution >= 0.6 is 0 Å². The van der Waals surface area contributed by atoms with Gasteiger partial charge in [0.15, 0.2) is 0 Å². The number of nitrogens with one attached hydrogen (secondary N) is 1.